The molecule has 7 heteroatoms. The highest BCUT2D eigenvalue weighted by Crippen LogP contribution is 2.22. The number of hydrogen-bond acceptors (Lipinski definition) is 5. The third-order valence-corrected chi connectivity index (χ3v) is 3.93. The van der Waals surface area contributed by atoms with Gasteiger partial charge < -0.3 is 10.5 Å². The fourth-order valence-corrected chi connectivity index (χ4v) is 2.69. The van der Waals surface area contributed by atoms with Gasteiger partial charge >= 0.3 is 0 Å². The maximum atomic E-state index is 10.6. The van der Waals surface area contributed by atoms with Crippen LogP contribution in [0, 0.1) is 10.1 Å². The number of nitrogens with two attached hydrogens (primary N) is 1. The van der Waals surface area contributed by atoms with Crippen LogP contribution in [0.4, 0.5) is 5.69 Å². The first kappa shape index (κ1) is 17.8. The monoisotopic (exact) mass is 315 g/mol. The Morgan fingerprint density at radius 2 is 2.10 bits per heavy atom. The van der Waals surface area contributed by atoms with Crippen LogP contribution in [0.5, 0.6) is 0 Å². The predicted molar refractivity (Wildman–Crippen MR) is 83.6 cm³/mol. The van der Waals surface area contributed by atoms with Crippen LogP contribution in [-0.2, 0) is 11.3 Å². The van der Waals surface area contributed by atoms with Crippen molar-refractivity contribution in [3.8, 4) is 0 Å². The lowest BCUT2D eigenvalue weighted by Gasteiger charge is -2.38. The van der Waals surface area contributed by atoms with Crippen LogP contribution in [0.3, 0.4) is 0 Å². The zero-order valence-electron chi connectivity index (χ0n) is 12.1. The summed E-state index contributed by atoms with van der Waals surface area (Å²) in [6.45, 7) is 2.32. The van der Waals surface area contributed by atoms with Crippen LogP contribution >= 0.6 is 12.4 Å². The second-order valence-electron chi connectivity index (χ2n) is 5.17. The van der Waals surface area contributed by atoms with Crippen molar-refractivity contribution < 1.29 is 9.66 Å². The van der Waals surface area contributed by atoms with Gasteiger partial charge in [0.15, 0.2) is 0 Å². The largest absolute Gasteiger partial charge is 0.381 e. The van der Waals surface area contributed by atoms with E-state index in [-0.39, 0.29) is 29.1 Å². The second-order valence-corrected chi connectivity index (χ2v) is 5.17. The first-order valence-electron chi connectivity index (χ1n) is 6.84. The molecular weight excluding hydrogens is 294 g/mol. The van der Waals surface area contributed by atoms with Crippen LogP contribution in [0.1, 0.15) is 18.4 Å². The Morgan fingerprint density at radius 1 is 1.43 bits per heavy atom. The van der Waals surface area contributed by atoms with Crippen LogP contribution in [-0.4, -0.2) is 42.2 Å². The molecule has 2 unspecified atom stereocenters. The fourth-order valence-electron chi connectivity index (χ4n) is 2.69. The zero-order chi connectivity index (χ0) is 14.5. The number of hydrogen-bond donors (Lipinski definition) is 1. The Labute approximate surface area is 130 Å². The first-order valence-corrected chi connectivity index (χ1v) is 6.84. The van der Waals surface area contributed by atoms with Gasteiger partial charge in [0.1, 0.15) is 0 Å². The van der Waals surface area contributed by atoms with E-state index in [4.69, 9.17) is 10.5 Å². The minimum Gasteiger partial charge on any atom is -0.381 e. The summed E-state index contributed by atoms with van der Waals surface area (Å²) in [6, 6.07) is 7.04. The smallest absolute Gasteiger partial charge is 0.269 e. The number of halogens is 1. The minimum atomic E-state index is -0.378. The Bertz CT molecular complexity index is 455. The van der Waals surface area contributed by atoms with E-state index in [1.54, 1.807) is 19.2 Å². The van der Waals surface area contributed by atoms with Crippen molar-refractivity contribution in [2.45, 2.75) is 31.5 Å². The molecule has 0 radical (unpaired) electrons. The number of ether oxygens (including phenoxy) is 1. The number of piperidine rings is 1. The highest BCUT2D eigenvalue weighted by molar-refractivity contribution is 5.85. The molecule has 0 aliphatic carbocycles. The van der Waals surface area contributed by atoms with E-state index in [9.17, 15) is 10.1 Å². The van der Waals surface area contributed by atoms with Crippen LogP contribution < -0.4 is 5.73 Å². The van der Waals surface area contributed by atoms with Crippen LogP contribution in [0.2, 0.25) is 0 Å². The Morgan fingerprint density at radius 3 is 2.62 bits per heavy atom. The first-order chi connectivity index (χ1) is 9.63. The van der Waals surface area contributed by atoms with Gasteiger partial charge in [-0.15, -0.1) is 12.4 Å². The number of nitro groups is 1. The number of methoxy groups -OCH3 is 1. The number of non-ortho nitro benzene ring substituents is 1. The number of benzene rings is 1. The van der Waals surface area contributed by atoms with Gasteiger partial charge in [-0.3, -0.25) is 15.0 Å². The number of nitro benzene ring substituents is 1. The maximum absolute atomic E-state index is 10.6. The third-order valence-electron chi connectivity index (χ3n) is 3.93. The van der Waals surface area contributed by atoms with E-state index < -0.39 is 0 Å². The molecule has 1 aromatic rings. The molecule has 118 valence electrons. The van der Waals surface area contributed by atoms with E-state index in [0.717, 1.165) is 31.5 Å². The molecule has 0 bridgehead atoms. The van der Waals surface area contributed by atoms with E-state index in [0.29, 0.717) is 12.6 Å². The lowest BCUT2D eigenvalue weighted by molar-refractivity contribution is -0.384. The lowest BCUT2D eigenvalue weighted by Crippen LogP contribution is -2.47. The number of nitrogens with zero attached hydrogens (tertiary/aromatic N) is 2. The Kier molecular flexibility index (Phi) is 7.04. The number of rotatable bonds is 5. The molecule has 0 amide bonds. The van der Waals surface area contributed by atoms with Gasteiger partial charge in [-0.1, -0.05) is 12.1 Å². The standard InChI is InChI=1S/C14H21N3O3.ClH/c1-20-14-6-7-16(13(8-14)9-15)10-11-2-4-12(5-3-11)17(18)19;/h2-5,13-14H,6-10,15H2,1H3;1H. The Balaban J connectivity index is 0.00000220. The average molecular weight is 316 g/mol. The molecular formula is C14H22ClN3O3. The summed E-state index contributed by atoms with van der Waals surface area (Å²) >= 11 is 0. The molecule has 0 aromatic heterocycles. The van der Waals surface area contributed by atoms with Gasteiger partial charge in [-0.05, 0) is 18.4 Å². The molecule has 0 spiro atoms. The summed E-state index contributed by atoms with van der Waals surface area (Å²) in [7, 11) is 1.74. The molecule has 21 heavy (non-hydrogen) atoms. The lowest BCUT2D eigenvalue weighted by atomic mass is 9.98. The topological polar surface area (TPSA) is 81.6 Å². The molecule has 1 aliphatic heterocycles. The molecule has 6 nitrogen and oxygen atoms in total. The summed E-state index contributed by atoms with van der Waals surface area (Å²) in [5, 5.41) is 10.6. The summed E-state index contributed by atoms with van der Waals surface area (Å²) in [4.78, 5) is 12.6. The average Bonchev–Trinajstić information content (AvgIpc) is 2.48. The van der Waals surface area contributed by atoms with Crippen LogP contribution in [0.25, 0.3) is 0 Å². The summed E-state index contributed by atoms with van der Waals surface area (Å²) in [5.41, 5.74) is 7.04. The third kappa shape index (κ3) is 4.64. The molecule has 1 fully saturated rings. The van der Waals surface area contributed by atoms with Crippen LogP contribution in [0.15, 0.2) is 24.3 Å². The molecule has 0 saturated carbocycles. The Hall–Kier alpha value is -1.21. The van der Waals surface area contributed by atoms with Crippen molar-refractivity contribution in [2.75, 3.05) is 20.2 Å². The van der Waals surface area contributed by atoms with Crippen molar-refractivity contribution in [1.82, 2.24) is 4.90 Å². The minimum absolute atomic E-state index is 0. The van der Waals surface area contributed by atoms with E-state index in [1.165, 1.54) is 0 Å². The van der Waals surface area contributed by atoms with E-state index >= 15 is 0 Å². The summed E-state index contributed by atoms with van der Waals surface area (Å²) in [6.07, 6.45) is 2.23. The maximum Gasteiger partial charge on any atom is 0.269 e. The SMILES string of the molecule is COC1CCN(Cc2ccc([N+](=O)[O-])cc2)C(CN)C1.Cl. The molecule has 2 rings (SSSR count). The van der Waals surface area contributed by atoms with Crippen molar-refractivity contribution >= 4 is 18.1 Å². The van der Waals surface area contributed by atoms with Gasteiger partial charge in [0, 0.05) is 44.9 Å². The van der Waals surface area contributed by atoms with Crippen molar-refractivity contribution in [3.05, 3.63) is 39.9 Å². The summed E-state index contributed by atoms with van der Waals surface area (Å²) < 4.78 is 5.41. The normalized spacial score (nSPS) is 22.6. The number of likely N-dealkylation sites (tertiary alicyclic amines) is 1. The quantitative estimate of drug-likeness (QED) is 0.663. The summed E-state index contributed by atoms with van der Waals surface area (Å²) in [5.74, 6) is 0. The molecule has 1 aromatic carbocycles. The van der Waals surface area contributed by atoms with Gasteiger partial charge in [-0.2, -0.15) is 0 Å². The van der Waals surface area contributed by atoms with E-state index in [1.807, 2.05) is 12.1 Å². The van der Waals surface area contributed by atoms with Gasteiger partial charge in [0.25, 0.3) is 5.69 Å². The fraction of sp³-hybridized carbons (Fsp3) is 0.571. The highest BCUT2D eigenvalue weighted by Gasteiger charge is 2.27. The molecule has 2 N–H and O–H groups in total. The molecule has 1 saturated heterocycles. The molecule has 1 aliphatic rings. The van der Waals surface area contributed by atoms with Crippen molar-refractivity contribution in [2.24, 2.45) is 5.73 Å². The van der Waals surface area contributed by atoms with Gasteiger partial charge in [-0.25, -0.2) is 0 Å². The molecule has 2 atom stereocenters. The van der Waals surface area contributed by atoms with Crippen molar-refractivity contribution in [1.29, 1.82) is 0 Å². The zero-order valence-corrected chi connectivity index (χ0v) is 12.9. The van der Waals surface area contributed by atoms with Gasteiger partial charge in [0.2, 0.25) is 0 Å². The van der Waals surface area contributed by atoms with Gasteiger partial charge in [0.05, 0.1) is 11.0 Å². The second kappa shape index (κ2) is 8.29. The molecule has 1 heterocycles. The highest BCUT2D eigenvalue weighted by atomic mass is 35.5. The van der Waals surface area contributed by atoms with Crippen molar-refractivity contribution in [3.63, 3.8) is 0 Å². The predicted octanol–water partition coefficient (Wildman–Crippen LogP) is 1.95. The van der Waals surface area contributed by atoms with E-state index in [2.05, 4.69) is 4.90 Å².